The average molecular weight is 548 g/mol. The number of aromatic hydroxyl groups is 1. The minimum Gasteiger partial charge on any atom is -0.505 e. The number of benzene rings is 2. The Hall–Kier alpha value is -3.55. The Bertz CT molecular complexity index is 1840. The minimum atomic E-state index is -4.03. The van der Waals surface area contributed by atoms with Gasteiger partial charge in [0.2, 0.25) is 10.0 Å². The van der Waals surface area contributed by atoms with Crippen molar-refractivity contribution in [1.82, 2.24) is 4.57 Å². The van der Waals surface area contributed by atoms with Gasteiger partial charge in [0.1, 0.15) is 17.1 Å². The average Bonchev–Trinajstić information content (AvgIpc) is 3.27. The van der Waals surface area contributed by atoms with Crippen molar-refractivity contribution in [2.24, 2.45) is 4.99 Å². The first-order valence-electron chi connectivity index (χ1n) is 10.4. The molecule has 1 aliphatic heterocycles. The van der Waals surface area contributed by atoms with E-state index >= 15 is 0 Å². The number of hydrogen-bond donors (Lipinski definition) is 2. The van der Waals surface area contributed by atoms with E-state index in [1.54, 1.807) is 11.4 Å². The second-order valence-electron chi connectivity index (χ2n) is 8.25. The van der Waals surface area contributed by atoms with Crippen LogP contribution in [0.4, 0.5) is 15.8 Å². The molecule has 0 saturated carbocycles. The van der Waals surface area contributed by atoms with Gasteiger partial charge in [0.15, 0.2) is 9.84 Å². The number of hydrogen-bond acceptors (Lipinski definition) is 8. The van der Waals surface area contributed by atoms with E-state index in [1.165, 1.54) is 58.4 Å². The zero-order valence-electron chi connectivity index (χ0n) is 18.6. The highest BCUT2D eigenvalue weighted by Crippen LogP contribution is 2.37. The summed E-state index contributed by atoms with van der Waals surface area (Å²) in [7, 11) is -7.66. The second-order valence-corrected chi connectivity index (χ2v) is 12.9. The molecule has 5 rings (SSSR count). The lowest BCUT2D eigenvalue weighted by Crippen LogP contribution is -2.31. The molecule has 0 unspecified atom stereocenters. The van der Waals surface area contributed by atoms with E-state index in [1.807, 2.05) is 0 Å². The van der Waals surface area contributed by atoms with E-state index in [0.717, 1.165) is 6.26 Å². The molecule has 4 aromatic rings. The van der Waals surface area contributed by atoms with Crippen LogP contribution in [0.15, 0.2) is 68.6 Å². The van der Waals surface area contributed by atoms with Gasteiger partial charge >= 0.3 is 0 Å². The van der Waals surface area contributed by atoms with E-state index in [-0.39, 0.29) is 39.8 Å². The zero-order valence-corrected chi connectivity index (χ0v) is 21.0. The Morgan fingerprint density at radius 3 is 2.58 bits per heavy atom. The summed E-state index contributed by atoms with van der Waals surface area (Å²) in [6, 6.07) is 11.1. The molecule has 0 bridgehead atoms. The van der Waals surface area contributed by atoms with Gasteiger partial charge < -0.3 is 9.67 Å². The molecule has 0 fully saturated rings. The number of rotatable bonds is 5. The third-order valence-electron chi connectivity index (χ3n) is 5.57. The van der Waals surface area contributed by atoms with Crippen molar-refractivity contribution in [2.75, 3.05) is 16.7 Å². The van der Waals surface area contributed by atoms with E-state index in [4.69, 9.17) is 0 Å². The summed E-state index contributed by atoms with van der Waals surface area (Å²) in [6.07, 6.45) is 0.942. The molecule has 186 valence electrons. The number of aliphatic imine (C=N–C) groups is 1. The standard InChI is InChI=1S/C23H18FN3O6S3/c1-35(30,31)26-15-6-7-16-19(10-15)36(32,33)12-17(25-16)20-21(28)22-18(8-9-34-22)27(23(20)29)11-13-2-4-14(24)5-3-13/h2-10,26,28H,11-12H2,1H3. The van der Waals surface area contributed by atoms with E-state index in [9.17, 15) is 31.1 Å². The molecule has 2 aromatic heterocycles. The molecule has 36 heavy (non-hydrogen) atoms. The van der Waals surface area contributed by atoms with Crippen molar-refractivity contribution < 1.29 is 26.3 Å². The Morgan fingerprint density at radius 1 is 1.17 bits per heavy atom. The van der Waals surface area contributed by atoms with Gasteiger partial charge in [0, 0.05) is 5.69 Å². The fraction of sp³-hybridized carbons (Fsp3) is 0.130. The van der Waals surface area contributed by atoms with Crippen molar-refractivity contribution >= 4 is 58.5 Å². The largest absolute Gasteiger partial charge is 0.505 e. The van der Waals surface area contributed by atoms with Crippen molar-refractivity contribution in [3.8, 4) is 5.75 Å². The Balaban J connectivity index is 1.68. The summed E-state index contributed by atoms with van der Waals surface area (Å²) in [5, 5.41) is 12.7. The fourth-order valence-electron chi connectivity index (χ4n) is 4.04. The van der Waals surface area contributed by atoms with Crippen LogP contribution in [0.25, 0.3) is 10.2 Å². The van der Waals surface area contributed by atoms with Gasteiger partial charge in [-0.1, -0.05) is 12.1 Å². The Kier molecular flexibility index (Phi) is 5.73. The second kappa shape index (κ2) is 8.54. The van der Waals surface area contributed by atoms with Crippen LogP contribution in [0, 0.1) is 5.82 Å². The summed E-state index contributed by atoms with van der Waals surface area (Å²) in [6.45, 7) is 0.0662. The fourth-order valence-corrected chi connectivity index (χ4v) is 6.90. The highest BCUT2D eigenvalue weighted by molar-refractivity contribution is 7.92. The lowest BCUT2D eigenvalue weighted by atomic mass is 10.1. The molecule has 2 N–H and O–H groups in total. The van der Waals surface area contributed by atoms with Crippen molar-refractivity contribution in [3.05, 3.63) is 81.2 Å². The van der Waals surface area contributed by atoms with Crippen LogP contribution in [0.1, 0.15) is 11.1 Å². The van der Waals surface area contributed by atoms with E-state index < -0.39 is 37.0 Å². The third kappa shape index (κ3) is 4.40. The van der Waals surface area contributed by atoms with Gasteiger partial charge in [-0.15, -0.1) is 11.3 Å². The molecular weight excluding hydrogens is 529 g/mol. The SMILES string of the molecule is CS(=O)(=O)Nc1ccc2c(c1)S(=O)(=O)CC(c1c(O)c3sccc3n(Cc3ccc(F)cc3)c1=O)=N2. The summed E-state index contributed by atoms with van der Waals surface area (Å²) in [4.78, 5) is 17.8. The topological polar surface area (TPSA) is 135 Å². The lowest BCUT2D eigenvalue weighted by Gasteiger charge is -2.19. The van der Waals surface area contributed by atoms with Crippen molar-refractivity contribution in [1.29, 1.82) is 0 Å². The predicted octanol–water partition coefficient (Wildman–Crippen LogP) is 3.24. The summed E-state index contributed by atoms with van der Waals surface area (Å²) in [5.74, 6) is -1.46. The molecule has 0 aliphatic carbocycles. The number of sulfone groups is 1. The summed E-state index contributed by atoms with van der Waals surface area (Å²) >= 11 is 1.18. The number of pyridine rings is 1. The molecule has 0 radical (unpaired) electrons. The van der Waals surface area contributed by atoms with Crippen LogP contribution in [-0.4, -0.2) is 44.2 Å². The van der Waals surface area contributed by atoms with Crippen LogP contribution in [0.2, 0.25) is 0 Å². The van der Waals surface area contributed by atoms with E-state index in [0.29, 0.717) is 15.8 Å². The molecular formula is C23H18FN3O6S3. The Morgan fingerprint density at radius 2 is 1.89 bits per heavy atom. The van der Waals surface area contributed by atoms with Gasteiger partial charge in [-0.25, -0.2) is 21.2 Å². The molecule has 3 heterocycles. The van der Waals surface area contributed by atoms with Gasteiger partial charge in [0.05, 0.1) is 45.1 Å². The van der Waals surface area contributed by atoms with Gasteiger partial charge in [-0.2, -0.15) is 0 Å². The van der Waals surface area contributed by atoms with Crippen LogP contribution in [0.3, 0.4) is 0 Å². The quantitative estimate of drug-likeness (QED) is 0.394. The zero-order chi connectivity index (χ0) is 25.8. The molecule has 0 atom stereocenters. The maximum atomic E-state index is 13.6. The molecule has 9 nitrogen and oxygen atoms in total. The maximum absolute atomic E-state index is 13.6. The monoisotopic (exact) mass is 547 g/mol. The minimum absolute atomic E-state index is 0.0189. The van der Waals surface area contributed by atoms with Gasteiger partial charge in [-0.3, -0.25) is 14.5 Å². The number of fused-ring (bicyclic) bond motifs is 2. The number of thiophene rings is 1. The molecule has 1 aliphatic rings. The summed E-state index contributed by atoms with van der Waals surface area (Å²) < 4.78 is 66.7. The lowest BCUT2D eigenvalue weighted by molar-refractivity contribution is 0.478. The summed E-state index contributed by atoms with van der Waals surface area (Å²) in [5.41, 5.74) is 0.157. The molecule has 0 amide bonds. The van der Waals surface area contributed by atoms with Crippen molar-refractivity contribution in [3.63, 3.8) is 0 Å². The first-order valence-corrected chi connectivity index (χ1v) is 14.9. The highest BCUT2D eigenvalue weighted by atomic mass is 32.2. The number of sulfonamides is 1. The smallest absolute Gasteiger partial charge is 0.264 e. The van der Waals surface area contributed by atoms with Crippen LogP contribution in [0.5, 0.6) is 5.75 Å². The van der Waals surface area contributed by atoms with Gasteiger partial charge in [-0.05, 0) is 47.3 Å². The van der Waals surface area contributed by atoms with Crippen LogP contribution in [-0.2, 0) is 26.4 Å². The van der Waals surface area contributed by atoms with Crippen LogP contribution < -0.4 is 10.3 Å². The molecule has 0 saturated heterocycles. The van der Waals surface area contributed by atoms with Gasteiger partial charge in [0.25, 0.3) is 5.56 Å². The molecule has 0 spiro atoms. The third-order valence-corrected chi connectivity index (χ3v) is 8.74. The predicted molar refractivity (Wildman–Crippen MR) is 136 cm³/mol. The normalized spacial score (nSPS) is 14.9. The number of nitrogens with one attached hydrogen (secondary N) is 1. The number of nitrogens with zero attached hydrogens (tertiary/aromatic N) is 2. The first kappa shape index (κ1) is 24.2. The molecule has 13 heteroatoms. The van der Waals surface area contributed by atoms with Crippen LogP contribution >= 0.6 is 11.3 Å². The number of aromatic nitrogens is 1. The Labute approximate surface area is 209 Å². The number of halogens is 1. The first-order chi connectivity index (χ1) is 16.9. The van der Waals surface area contributed by atoms with E-state index in [2.05, 4.69) is 9.71 Å². The van der Waals surface area contributed by atoms with Crippen molar-refractivity contribution in [2.45, 2.75) is 11.4 Å². The molecule has 2 aromatic carbocycles. The number of anilines is 1. The highest BCUT2D eigenvalue weighted by Gasteiger charge is 2.32. The maximum Gasteiger partial charge on any atom is 0.264 e.